The molecule has 2 fully saturated rings. The van der Waals surface area contributed by atoms with Gasteiger partial charge in [-0.2, -0.15) is 0 Å². The molecule has 0 aromatic rings. The minimum Gasteiger partial charge on any atom is -0.314 e. The van der Waals surface area contributed by atoms with Crippen LogP contribution in [0.2, 0.25) is 0 Å². The Morgan fingerprint density at radius 3 is 2.62 bits per heavy atom. The SMILES string of the molecule is C#CCC1CC(C)(C)CCC1CNC1CC1. The number of nitrogens with one attached hydrogen (secondary N) is 1. The fraction of sp³-hybridized carbons (Fsp3) is 0.867. The van der Waals surface area contributed by atoms with Crippen molar-refractivity contribution in [2.24, 2.45) is 17.3 Å². The number of hydrogen-bond acceptors (Lipinski definition) is 1. The summed E-state index contributed by atoms with van der Waals surface area (Å²) in [5.74, 6) is 4.45. The molecule has 2 aliphatic rings. The summed E-state index contributed by atoms with van der Waals surface area (Å²) in [5.41, 5.74) is 0.512. The van der Waals surface area contributed by atoms with Gasteiger partial charge in [0.15, 0.2) is 0 Å². The molecule has 90 valence electrons. The standard InChI is InChI=1S/C15H25N/c1-4-5-12-10-15(2,3)9-8-13(12)11-16-14-6-7-14/h1,12-14,16H,5-11H2,2-3H3. The third kappa shape index (κ3) is 3.25. The third-order valence-electron chi connectivity index (χ3n) is 4.30. The van der Waals surface area contributed by atoms with E-state index < -0.39 is 0 Å². The maximum atomic E-state index is 5.51. The monoisotopic (exact) mass is 219 g/mol. The fourth-order valence-corrected chi connectivity index (χ4v) is 3.05. The molecule has 0 spiro atoms. The van der Waals surface area contributed by atoms with Crippen molar-refractivity contribution >= 4 is 0 Å². The van der Waals surface area contributed by atoms with E-state index in [1.54, 1.807) is 0 Å². The largest absolute Gasteiger partial charge is 0.314 e. The molecule has 16 heavy (non-hydrogen) atoms. The minimum atomic E-state index is 0.512. The Balaban J connectivity index is 1.86. The quantitative estimate of drug-likeness (QED) is 0.716. The lowest BCUT2D eigenvalue weighted by atomic mass is 9.66. The Morgan fingerprint density at radius 2 is 2.00 bits per heavy atom. The summed E-state index contributed by atoms with van der Waals surface area (Å²) in [4.78, 5) is 0. The smallest absolute Gasteiger partial charge is 0.0118 e. The highest BCUT2D eigenvalue weighted by molar-refractivity contribution is 4.95. The van der Waals surface area contributed by atoms with Crippen molar-refractivity contribution in [1.82, 2.24) is 5.32 Å². The molecule has 0 saturated heterocycles. The summed E-state index contributed by atoms with van der Waals surface area (Å²) < 4.78 is 0. The average molecular weight is 219 g/mol. The van der Waals surface area contributed by atoms with Crippen LogP contribution in [0.25, 0.3) is 0 Å². The molecular formula is C15H25N. The second-order valence-corrected chi connectivity index (χ2v) is 6.52. The highest BCUT2D eigenvalue weighted by atomic mass is 14.9. The van der Waals surface area contributed by atoms with Crippen LogP contribution in [0.15, 0.2) is 0 Å². The van der Waals surface area contributed by atoms with Gasteiger partial charge in [0.05, 0.1) is 0 Å². The van der Waals surface area contributed by atoms with E-state index in [1.807, 2.05) is 0 Å². The van der Waals surface area contributed by atoms with Crippen molar-refractivity contribution in [2.75, 3.05) is 6.54 Å². The summed E-state index contributed by atoms with van der Waals surface area (Å²) in [6, 6.07) is 0.835. The molecule has 2 unspecified atom stereocenters. The van der Waals surface area contributed by atoms with E-state index in [4.69, 9.17) is 6.42 Å². The first-order valence-corrected chi connectivity index (χ1v) is 6.77. The molecule has 1 nitrogen and oxygen atoms in total. The number of terminal acetylenes is 1. The van der Waals surface area contributed by atoms with E-state index in [0.717, 1.165) is 24.3 Å². The second kappa shape index (κ2) is 4.80. The molecule has 0 bridgehead atoms. The maximum Gasteiger partial charge on any atom is 0.0118 e. The normalized spacial score (nSPS) is 33.3. The van der Waals surface area contributed by atoms with Crippen molar-refractivity contribution in [3.8, 4) is 12.3 Å². The minimum absolute atomic E-state index is 0.512. The summed E-state index contributed by atoms with van der Waals surface area (Å²) in [5, 5.41) is 3.67. The van der Waals surface area contributed by atoms with Gasteiger partial charge in [-0.3, -0.25) is 0 Å². The van der Waals surface area contributed by atoms with Gasteiger partial charge in [0.25, 0.3) is 0 Å². The van der Waals surface area contributed by atoms with Crippen LogP contribution in [-0.2, 0) is 0 Å². The molecule has 2 rings (SSSR count). The summed E-state index contributed by atoms with van der Waals surface area (Å²) in [6.45, 7) is 5.98. The molecule has 2 saturated carbocycles. The maximum absolute atomic E-state index is 5.51. The lowest BCUT2D eigenvalue weighted by Crippen LogP contribution is -2.36. The zero-order valence-corrected chi connectivity index (χ0v) is 10.8. The van der Waals surface area contributed by atoms with E-state index >= 15 is 0 Å². The van der Waals surface area contributed by atoms with E-state index in [2.05, 4.69) is 25.1 Å². The predicted molar refractivity (Wildman–Crippen MR) is 69.1 cm³/mol. The van der Waals surface area contributed by atoms with Crippen LogP contribution in [0.1, 0.15) is 52.4 Å². The molecule has 0 heterocycles. The molecule has 2 atom stereocenters. The van der Waals surface area contributed by atoms with E-state index in [0.29, 0.717) is 5.41 Å². The van der Waals surface area contributed by atoms with E-state index in [9.17, 15) is 0 Å². The van der Waals surface area contributed by atoms with Gasteiger partial charge in [-0.1, -0.05) is 13.8 Å². The molecule has 1 N–H and O–H groups in total. The van der Waals surface area contributed by atoms with Crippen LogP contribution in [0.3, 0.4) is 0 Å². The molecule has 0 aromatic carbocycles. The molecule has 0 aromatic heterocycles. The van der Waals surface area contributed by atoms with E-state index in [-0.39, 0.29) is 0 Å². The van der Waals surface area contributed by atoms with Crippen LogP contribution in [0.5, 0.6) is 0 Å². The molecule has 1 heteroatoms. The van der Waals surface area contributed by atoms with Gasteiger partial charge < -0.3 is 5.32 Å². The van der Waals surface area contributed by atoms with Gasteiger partial charge in [0, 0.05) is 12.5 Å². The van der Waals surface area contributed by atoms with Crippen molar-refractivity contribution in [1.29, 1.82) is 0 Å². The topological polar surface area (TPSA) is 12.0 Å². The van der Waals surface area contributed by atoms with Crippen LogP contribution < -0.4 is 5.32 Å². The van der Waals surface area contributed by atoms with Gasteiger partial charge in [0.1, 0.15) is 0 Å². The summed E-state index contributed by atoms with van der Waals surface area (Å²) in [6.07, 6.45) is 13.3. The van der Waals surface area contributed by atoms with Crippen molar-refractivity contribution in [3.63, 3.8) is 0 Å². The van der Waals surface area contributed by atoms with Crippen LogP contribution in [0, 0.1) is 29.6 Å². The Bertz CT molecular complexity index is 268. The summed E-state index contributed by atoms with van der Waals surface area (Å²) in [7, 11) is 0. The second-order valence-electron chi connectivity index (χ2n) is 6.52. The molecule has 0 aliphatic heterocycles. The van der Waals surface area contributed by atoms with Crippen molar-refractivity contribution < 1.29 is 0 Å². The molecule has 0 amide bonds. The Labute approximate surface area is 100 Å². The molecule has 0 radical (unpaired) electrons. The van der Waals surface area contributed by atoms with Gasteiger partial charge >= 0.3 is 0 Å². The Hall–Kier alpha value is -0.480. The number of hydrogen-bond donors (Lipinski definition) is 1. The molecule has 2 aliphatic carbocycles. The lowest BCUT2D eigenvalue weighted by molar-refractivity contribution is 0.119. The van der Waals surface area contributed by atoms with Crippen LogP contribution in [0.4, 0.5) is 0 Å². The fourth-order valence-electron chi connectivity index (χ4n) is 3.05. The average Bonchev–Trinajstić information content (AvgIpc) is 3.00. The predicted octanol–water partition coefficient (Wildman–Crippen LogP) is 3.20. The first kappa shape index (κ1) is 12.0. The van der Waals surface area contributed by atoms with Crippen molar-refractivity contribution in [2.45, 2.75) is 58.4 Å². The zero-order chi connectivity index (χ0) is 11.6. The highest BCUT2D eigenvalue weighted by Gasteiger charge is 2.34. The Morgan fingerprint density at radius 1 is 1.25 bits per heavy atom. The van der Waals surface area contributed by atoms with Gasteiger partial charge in [-0.05, 0) is 55.9 Å². The first-order valence-electron chi connectivity index (χ1n) is 6.77. The summed E-state index contributed by atoms with van der Waals surface area (Å²) >= 11 is 0. The van der Waals surface area contributed by atoms with Crippen LogP contribution >= 0.6 is 0 Å². The van der Waals surface area contributed by atoms with E-state index in [1.165, 1.54) is 38.6 Å². The zero-order valence-electron chi connectivity index (χ0n) is 10.8. The molecular weight excluding hydrogens is 194 g/mol. The third-order valence-corrected chi connectivity index (χ3v) is 4.30. The number of rotatable bonds is 4. The van der Waals surface area contributed by atoms with Crippen molar-refractivity contribution in [3.05, 3.63) is 0 Å². The van der Waals surface area contributed by atoms with Gasteiger partial charge in [-0.15, -0.1) is 12.3 Å². The van der Waals surface area contributed by atoms with Gasteiger partial charge in [0.2, 0.25) is 0 Å². The highest BCUT2D eigenvalue weighted by Crippen LogP contribution is 2.43. The lowest BCUT2D eigenvalue weighted by Gasteiger charge is -2.40. The van der Waals surface area contributed by atoms with Crippen LogP contribution in [-0.4, -0.2) is 12.6 Å². The first-order chi connectivity index (χ1) is 7.61. The Kier molecular flexibility index (Phi) is 3.60. The van der Waals surface area contributed by atoms with Gasteiger partial charge in [-0.25, -0.2) is 0 Å².